The molecule has 1 amide bonds. The van der Waals surface area contributed by atoms with Crippen LogP contribution >= 0.6 is 11.6 Å². The van der Waals surface area contributed by atoms with Crippen LogP contribution in [0.1, 0.15) is 12.6 Å². The SMILES string of the molecule is Cc1nn(CC(=O)N[C@@H](C)CN2CCOCC2)cc1Cl. The quantitative estimate of drug-likeness (QED) is 0.869. The summed E-state index contributed by atoms with van der Waals surface area (Å²) in [6, 6.07) is 0.104. The summed E-state index contributed by atoms with van der Waals surface area (Å²) in [7, 11) is 0. The number of nitrogens with zero attached hydrogens (tertiary/aromatic N) is 3. The minimum atomic E-state index is -0.0510. The van der Waals surface area contributed by atoms with Crippen LogP contribution < -0.4 is 5.32 Å². The van der Waals surface area contributed by atoms with Crippen molar-refractivity contribution in [2.45, 2.75) is 26.4 Å². The van der Waals surface area contributed by atoms with Crippen molar-refractivity contribution in [3.63, 3.8) is 0 Å². The Morgan fingerprint density at radius 1 is 1.55 bits per heavy atom. The predicted molar refractivity (Wildman–Crippen MR) is 76.8 cm³/mol. The Hall–Kier alpha value is -1.11. The van der Waals surface area contributed by atoms with E-state index in [-0.39, 0.29) is 18.5 Å². The largest absolute Gasteiger partial charge is 0.379 e. The molecule has 0 saturated carbocycles. The van der Waals surface area contributed by atoms with Gasteiger partial charge in [0.05, 0.1) is 23.9 Å². The summed E-state index contributed by atoms with van der Waals surface area (Å²) < 4.78 is 6.87. The highest BCUT2D eigenvalue weighted by Gasteiger charge is 2.15. The molecule has 0 bridgehead atoms. The molecule has 1 N–H and O–H groups in total. The molecule has 1 aromatic heterocycles. The first-order chi connectivity index (χ1) is 9.54. The van der Waals surface area contributed by atoms with Crippen LogP contribution in [0.5, 0.6) is 0 Å². The van der Waals surface area contributed by atoms with Crippen molar-refractivity contribution in [1.29, 1.82) is 0 Å². The van der Waals surface area contributed by atoms with Crippen molar-refractivity contribution < 1.29 is 9.53 Å². The molecule has 1 aliphatic heterocycles. The summed E-state index contributed by atoms with van der Waals surface area (Å²) in [4.78, 5) is 14.2. The molecule has 1 saturated heterocycles. The van der Waals surface area contributed by atoms with Gasteiger partial charge in [-0.25, -0.2) is 0 Å². The van der Waals surface area contributed by atoms with E-state index in [0.717, 1.165) is 38.5 Å². The van der Waals surface area contributed by atoms with Crippen LogP contribution in [0.4, 0.5) is 0 Å². The molecule has 0 aliphatic carbocycles. The lowest BCUT2D eigenvalue weighted by Gasteiger charge is -2.29. The van der Waals surface area contributed by atoms with Crippen LogP contribution in [0.25, 0.3) is 0 Å². The van der Waals surface area contributed by atoms with E-state index < -0.39 is 0 Å². The number of hydrogen-bond acceptors (Lipinski definition) is 4. The molecule has 0 spiro atoms. The standard InChI is InChI=1S/C13H21ClN4O2/c1-10(7-17-3-5-20-6-4-17)15-13(19)9-18-8-12(14)11(2)16-18/h8,10H,3-7,9H2,1-2H3,(H,15,19)/t10-/m0/s1. The van der Waals surface area contributed by atoms with Gasteiger partial charge in [-0.3, -0.25) is 14.4 Å². The average Bonchev–Trinajstić information content (AvgIpc) is 2.68. The number of nitrogens with one attached hydrogen (secondary N) is 1. The second kappa shape index (κ2) is 7.06. The molecular formula is C13H21ClN4O2. The van der Waals surface area contributed by atoms with Crippen molar-refractivity contribution in [2.24, 2.45) is 0 Å². The van der Waals surface area contributed by atoms with Crippen LogP contribution in [0.15, 0.2) is 6.20 Å². The van der Waals surface area contributed by atoms with Gasteiger partial charge in [0.15, 0.2) is 0 Å². The van der Waals surface area contributed by atoms with Gasteiger partial charge in [-0.15, -0.1) is 0 Å². The van der Waals surface area contributed by atoms with Crippen LogP contribution in [0.3, 0.4) is 0 Å². The van der Waals surface area contributed by atoms with Crippen LogP contribution in [0, 0.1) is 6.92 Å². The van der Waals surface area contributed by atoms with E-state index in [1.54, 1.807) is 10.9 Å². The summed E-state index contributed by atoms with van der Waals surface area (Å²) in [5, 5.41) is 7.73. The first-order valence-electron chi connectivity index (χ1n) is 6.83. The highest BCUT2D eigenvalue weighted by molar-refractivity contribution is 6.31. The number of halogens is 1. The first kappa shape index (κ1) is 15.3. The van der Waals surface area contributed by atoms with Gasteiger partial charge >= 0.3 is 0 Å². The van der Waals surface area contributed by atoms with Crippen molar-refractivity contribution in [2.75, 3.05) is 32.8 Å². The number of carbonyl (C=O) groups is 1. The molecule has 6 nitrogen and oxygen atoms in total. The zero-order chi connectivity index (χ0) is 14.5. The molecule has 1 fully saturated rings. The number of hydrogen-bond donors (Lipinski definition) is 1. The number of carbonyl (C=O) groups excluding carboxylic acids is 1. The molecule has 2 rings (SSSR count). The van der Waals surface area contributed by atoms with Gasteiger partial charge < -0.3 is 10.1 Å². The summed E-state index contributed by atoms with van der Waals surface area (Å²) >= 11 is 5.91. The maximum Gasteiger partial charge on any atom is 0.241 e. The fourth-order valence-corrected chi connectivity index (χ4v) is 2.41. The van der Waals surface area contributed by atoms with E-state index in [1.807, 2.05) is 13.8 Å². The molecule has 0 unspecified atom stereocenters. The van der Waals surface area contributed by atoms with E-state index in [0.29, 0.717) is 5.02 Å². The number of ether oxygens (including phenoxy) is 1. The highest BCUT2D eigenvalue weighted by Crippen LogP contribution is 2.11. The molecule has 1 atom stereocenters. The molecule has 0 aromatic carbocycles. The molecule has 2 heterocycles. The van der Waals surface area contributed by atoms with Crippen LogP contribution in [0.2, 0.25) is 5.02 Å². The van der Waals surface area contributed by atoms with Crippen molar-refractivity contribution >= 4 is 17.5 Å². The van der Waals surface area contributed by atoms with Gasteiger partial charge in [0.1, 0.15) is 6.54 Å². The normalized spacial score (nSPS) is 17.9. The molecule has 7 heteroatoms. The number of aryl methyl sites for hydroxylation is 1. The average molecular weight is 301 g/mol. The van der Waals surface area contributed by atoms with Crippen molar-refractivity contribution in [1.82, 2.24) is 20.0 Å². The van der Waals surface area contributed by atoms with E-state index in [2.05, 4.69) is 15.3 Å². The Kier molecular flexibility index (Phi) is 5.39. The Morgan fingerprint density at radius 3 is 2.85 bits per heavy atom. The van der Waals surface area contributed by atoms with E-state index >= 15 is 0 Å². The first-order valence-corrected chi connectivity index (χ1v) is 7.21. The summed E-state index contributed by atoms with van der Waals surface area (Å²) in [5.74, 6) is -0.0510. The smallest absolute Gasteiger partial charge is 0.241 e. The van der Waals surface area contributed by atoms with E-state index in [1.165, 1.54) is 0 Å². The van der Waals surface area contributed by atoms with Gasteiger partial charge in [-0.2, -0.15) is 5.10 Å². The number of amides is 1. The molecule has 20 heavy (non-hydrogen) atoms. The van der Waals surface area contributed by atoms with Gasteiger partial charge in [0, 0.05) is 31.9 Å². The third-order valence-electron chi connectivity index (χ3n) is 3.24. The van der Waals surface area contributed by atoms with Crippen LogP contribution in [-0.2, 0) is 16.1 Å². The van der Waals surface area contributed by atoms with Crippen molar-refractivity contribution in [3.8, 4) is 0 Å². The Bertz CT molecular complexity index is 438. The fourth-order valence-electron chi connectivity index (χ4n) is 2.26. The van der Waals surface area contributed by atoms with E-state index in [4.69, 9.17) is 16.3 Å². The number of morpholine rings is 1. The zero-order valence-corrected chi connectivity index (χ0v) is 12.7. The lowest BCUT2D eigenvalue weighted by Crippen LogP contribution is -2.46. The number of aromatic nitrogens is 2. The molecule has 0 radical (unpaired) electrons. The molecular weight excluding hydrogens is 280 g/mol. The second-order valence-corrected chi connectivity index (χ2v) is 5.55. The topological polar surface area (TPSA) is 59.4 Å². The van der Waals surface area contributed by atoms with Crippen LogP contribution in [-0.4, -0.2) is 59.5 Å². The molecule has 1 aromatic rings. The fraction of sp³-hybridized carbons (Fsp3) is 0.692. The van der Waals surface area contributed by atoms with Gasteiger partial charge in [-0.1, -0.05) is 11.6 Å². The number of rotatable bonds is 5. The Balaban J connectivity index is 1.75. The predicted octanol–water partition coefficient (Wildman–Crippen LogP) is 0.682. The lowest BCUT2D eigenvalue weighted by atomic mass is 10.3. The Morgan fingerprint density at radius 2 is 2.25 bits per heavy atom. The minimum Gasteiger partial charge on any atom is -0.379 e. The third kappa shape index (κ3) is 4.47. The maximum atomic E-state index is 11.9. The summed E-state index contributed by atoms with van der Waals surface area (Å²) in [6.07, 6.45) is 1.67. The molecule has 112 valence electrons. The van der Waals surface area contributed by atoms with Gasteiger partial charge in [-0.05, 0) is 13.8 Å². The van der Waals surface area contributed by atoms with Gasteiger partial charge in [0.25, 0.3) is 0 Å². The van der Waals surface area contributed by atoms with Gasteiger partial charge in [0.2, 0.25) is 5.91 Å². The maximum absolute atomic E-state index is 11.9. The van der Waals surface area contributed by atoms with Crippen molar-refractivity contribution in [3.05, 3.63) is 16.9 Å². The lowest BCUT2D eigenvalue weighted by molar-refractivity contribution is -0.122. The summed E-state index contributed by atoms with van der Waals surface area (Å²) in [5.41, 5.74) is 0.737. The highest BCUT2D eigenvalue weighted by atomic mass is 35.5. The third-order valence-corrected chi connectivity index (χ3v) is 3.61. The Labute approximate surface area is 124 Å². The molecule has 1 aliphatic rings. The second-order valence-electron chi connectivity index (χ2n) is 5.14. The summed E-state index contributed by atoms with van der Waals surface area (Å²) in [6.45, 7) is 8.25. The van der Waals surface area contributed by atoms with E-state index in [9.17, 15) is 4.79 Å². The minimum absolute atomic E-state index is 0.0510. The zero-order valence-electron chi connectivity index (χ0n) is 11.9. The monoisotopic (exact) mass is 300 g/mol.